The molecule has 0 spiro atoms. The van der Waals surface area contributed by atoms with Crippen LogP contribution in [-0.2, 0) is 12.0 Å². The Morgan fingerprint density at radius 2 is 2.05 bits per heavy atom. The summed E-state index contributed by atoms with van der Waals surface area (Å²) in [6.07, 6.45) is 8.29. The van der Waals surface area contributed by atoms with Gasteiger partial charge >= 0.3 is 0 Å². The summed E-state index contributed by atoms with van der Waals surface area (Å²) in [7, 11) is 0. The third kappa shape index (κ3) is 2.61. The maximum Gasteiger partial charge on any atom is 0.0951 e. The van der Waals surface area contributed by atoms with Crippen molar-refractivity contribution < 1.29 is 0 Å². The molecule has 1 fully saturated rings. The summed E-state index contributed by atoms with van der Waals surface area (Å²) in [5.74, 6) is 0. The van der Waals surface area contributed by atoms with Gasteiger partial charge in [0.05, 0.1) is 12.9 Å². The zero-order valence-corrected chi connectivity index (χ0v) is 12.3. The summed E-state index contributed by atoms with van der Waals surface area (Å²) in [6.45, 7) is 7.41. The van der Waals surface area contributed by atoms with E-state index < -0.39 is 0 Å². The molecule has 1 aliphatic rings. The minimum atomic E-state index is 0.236. The van der Waals surface area contributed by atoms with Gasteiger partial charge in [0.15, 0.2) is 0 Å². The molecule has 0 radical (unpaired) electrons. The van der Waals surface area contributed by atoms with Crippen LogP contribution in [0.1, 0.15) is 36.7 Å². The van der Waals surface area contributed by atoms with Crippen molar-refractivity contribution in [1.29, 1.82) is 0 Å². The first-order valence-electron chi connectivity index (χ1n) is 7.30. The first-order chi connectivity index (χ1) is 9.67. The zero-order chi connectivity index (χ0) is 14.0. The fourth-order valence-electron chi connectivity index (χ4n) is 2.97. The molecule has 1 N–H and O–H groups in total. The fraction of sp³-hybridized carbons (Fsp3) is 0.500. The van der Waals surface area contributed by atoms with Gasteiger partial charge in [0, 0.05) is 29.2 Å². The van der Waals surface area contributed by atoms with E-state index in [1.807, 2.05) is 25.6 Å². The van der Waals surface area contributed by atoms with Crippen LogP contribution in [-0.4, -0.2) is 27.6 Å². The maximum absolute atomic E-state index is 4.38. The van der Waals surface area contributed by atoms with Crippen LogP contribution in [0.25, 0.3) is 0 Å². The molecule has 4 heteroatoms. The Morgan fingerprint density at radius 3 is 2.75 bits per heavy atom. The SMILES string of the molecule is Cc1ccc(Cn2cncc2C2(C)CCNCC2)cn1. The molecule has 0 aliphatic carbocycles. The van der Waals surface area contributed by atoms with Gasteiger partial charge in [0.2, 0.25) is 0 Å². The summed E-state index contributed by atoms with van der Waals surface area (Å²) in [5, 5.41) is 3.44. The topological polar surface area (TPSA) is 42.7 Å². The van der Waals surface area contributed by atoms with Crippen LogP contribution < -0.4 is 5.32 Å². The number of nitrogens with zero attached hydrogens (tertiary/aromatic N) is 3. The highest BCUT2D eigenvalue weighted by molar-refractivity contribution is 5.19. The van der Waals surface area contributed by atoms with Crippen molar-refractivity contribution in [2.45, 2.75) is 38.6 Å². The van der Waals surface area contributed by atoms with Crippen molar-refractivity contribution in [3.8, 4) is 0 Å². The fourth-order valence-corrected chi connectivity index (χ4v) is 2.97. The lowest BCUT2D eigenvalue weighted by molar-refractivity contribution is 0.318. The first kappa shape index (κ1) is 13.3. The van der Waals surface area contributed by atoms with Crippen molar-refractivity contribution in [2.75, 3.05) is 13.1 Å². The second kappa shape index (κ2) is 5.37. The normalized spacial score (nSPS) is 18.1. The molecule has 3 heterocycles. The Hall–Kier alpha value is -1.68. The van der Waals surface area contributed by atoms with E-state index in [4.69, 9.17) is 0 Å². The van der Waals surface area contributed by atoms with Gasteiger partial charge in [-0.2, -0.15) is 0 Å². The highest BCUT2D eigenvalue weighted by Crippen LogP contribution is 2.32. The molecule has 4 nitrogen and oxygen atoms in total. The molecule has 0 bridgehead atoms. The van der Waals surface area contributed by atoms with Gasteiger partial charge in [-0.05, 0) is 44.5 Å². The number of aromatic nitrogens is 3. The van der Waals surface area contributed by atoms with E-state index in [0.29, 0.717) is 0 Å². The van der Waals surface area contributed by atoms with E-state index >= 15 is 0 Å². The smallest absolute Gasteiger partial charge is 0.0951 e. The lowest BCUT2D eigenvalue weighted by Gasteiger charge is -2.34. The van der Waals surface area contributed by atoms with Crippen LogP contribution in [0.3, 0.4) is 0 Å². The van der Waals surface area contributed by atoms with Gasteiger partial charge in [0.1, 0.15) is 0 Å². The van der Waals surface area contributed by atoms with E-state index in [-0.39, 0.29) is 5.41 Å². The van der Waals surface area contributed by atoms with Crippen LogP contribution >= 0.6 is 0 Å². The molecular formula is C16H22N4. The molecule has 1 saturated heterocycles. The predicted molar refractivity (Wildman–Crippen MR) is 79.8 cm³/mol. The van der Waals surface area contributed by atoms with Crippen molar-refractivity contribution in [1.82, 2.24) is 19.9 Å². The Kier molecular flexibility index (Phi) is 3.57. The molecular weight excluding hydrogens is 248 g/mol. The standard InChI is InChI=1S/C16H22N4/c1-13-3-4-14(9-19-13)11-20-12-18-10-15(20)16(2)5-7-17-8-6-16/h3-4,9-10,12,17H,5-8,11H2,1-2H3. The average molecular weight is 270 g/mol. The van der Waals surface area contributed by atoms with E-state index in [1.165, 1.54) is 24.1 Å². The number of imidazole rings is 1. The van der Waals surface area contributed by atoms with Gasteiger partial charge in [-0.1, -0.05) is 13.0 Å². The average Bonchev–Trinajstić information content (AvgIpc) is 2.91. The molecule has 3 rings (SSSR count). The van der Waals surface area contributed by atoms with E-state index in [9.17, 15) is 0 Å². The van der Waals surface area contributed by atoms with Crippen molar-refractivity contribution in [2.24, 2.45) is 0 Å². The zero-order valence-electron chi connectivity index (χ0n) is 12.3. The predicted octanol–water partition coefficient (Wildman–Crippen LogP) is 2.28. The lowest BCUT2D eigenvalue weighted by Crippen LogP contribution is -2.39. The van der Waals surface area contributed by atoms with Crippen LogP contribution in [0, 0.1) is 6.92 Å². The lowest BCUT2D eigenvalue weighted by atomic mass is 9.78. The third-order valence-corrected chi connectivity index (χ3v) is 4.36. The molecule has 106 valence electrons. The van der Waals surface area contributed by atoms with Crippen LogP contribution in [0.4, 0.5) is 0 Å². The number of piperidine rings is 1. The van der Waals surface area contributed by atoms with Crippen LogP contribution in [0.15, 0.2) is 30.9 Å². The monoisotopic (exact) mass is 270 g/mol. The Labute approximate surface area is 120 Å². The quantitative estimate of drug-likeness (QED) is 0.930. The molecule has 2 aromatic rings. The molecule has 0 aromatic carbocycles. The number of hydrogen-bond donors (Lipinski definition) is 1. The summed E-state index contributed by atoms with van der Waals surface area (Å²) < 4.78 is 2.28. The summed E-state index contributed by atoms with van der Waals surface area (Å²) in [4.78, 5) is 8.75. The van der Waals surface area contributed by atoms with E-state index in [2.05, 4.69) is 38.9 Å². The van der Waals surface area contributed by atoms with Crippen molar-refractivity contribution in [3.63, 3.8) is 0 Å². The Bertz CT molecular complexity index is 564. The van der Waals surface area contributed by atoms with Crippen molar-refractivity contribution in [3.05, 3.63) is 47.8 Å². The number of aryl methyl sites for hydroxylation is 1. The van der Waals surface area contributed by atoms with E-state index in [0.717, 1.165) is 25.3 Å². The summed E-state index contributed by atoms with van der Waals surface area (Å²) >= 11 is 0. The summed E-state index contributed by atoms with van der Waals surface area (Å²) in [5.41, 5.74) is 3.87. The molecule has 2 aromatic heterocycles. The minimum absolute atomic E-state index is 0.236. The van der Waals surface area contributed by atoms with Crippen LogP contribution in [0.2, 0.25) is 0 Å². The third-order valence-electron chi connectivity index (χ3n) is 4.36. The second-order valence-electron chi connectivity index (χ2n) is 6.03. The molecule has 0 unspecified atom stereocenters. The molecule has 0 atom stereocenters. The molecule has 1 aliphatic heterocycles. The molecule has 0 saturated carbocycles. The Balaban J connectivity index is 1.84. The number of nitrogens with one attached hydrogen (secondary N) is 1. The summed E-state index contributed by atoms with van der Waals surface area (Å²) in [6, 6.07) is 4.22. The van der Waals surface area contributed by atoms with Gasteiger partial charge < -0.3 is 9.88 Å². The molecule has 20 heavy (non-hydrogen) atoms. The first-order valence-corrected chi connectivity index (χ1v) is 7.30. The van der Waals surface area contributed by atoms with Crippen molar-refractivity contribution >= 4 is 0 Å². The van der Waals surface area contributed by atoms with Gasteiger partial charge in [-0.3, -0.25) is 4.98 Å². The van der Waals surface area contributed by atoms with Gasteiger partial charge in [-0.15, -0.1) is 0 Å². The maximum atomic E-state index is 4.38. The Morgan fingerprint density at radius 1 is 1.25 bits per heavy atom. The number of hydrogen-bond acceptors (Lipinski definition) is 3. The van der Waals surface area contributed by atoms with Gasteiger partial charge in [0.25, 0.3) is 0 Å². The second-order valence-corrected chi connectivity index (χ2v) is 6.03. The highest BCUT2D eigenvalue weighted by Gasteiger charge is 2.31. The molecule has 0 amide bonds. The largest absolute Gasteiger partial charge is 0.330 e. The van der Waals surface area contributed by atoms with Gasteiger partial charge in [-0.25, -0.2) is 4.98 Å². The number of pyridine rings is 1. The highest BCUT2D eigenvalue weighted by atomic mass is 15.1. The van der Waals surface area contributed by atoms with E-state index in [1.54, 1.807) is 0 Å². The number of rotatable bonds is 3. The minimum Gasteiger partial charge on any atom is -0.330 e. The van der Waals surface area contributed by atoms with Crippen LogP contribution in [0.5, 0.6) is 0 Å².